The number of fused-ring (bicyclic) bond motifs is 2. The molecule has 0 fully saturated rings. The summed E-state index contributed by atoms with van der Waals surface area (Å²) in [4.78, 5) is 9.46. The van der Waals surface area contributed by atoms with Crippen LogP contribution in [-0.2, 0) is 0 Å². The Morgan fingerprint density at radius 1 is 0.537 bits per heavy atom. The minimum atomic E-state index is -0.356. The average Bonchev–Trinajstić information content (AvgIpc) is 3.12. The smallest absolute Gasteiger partial charge is 0.167 e. The summed E-state index contributed by atoms with van der Waals surface area (Å²) in [5.74, 6) is -1.16. The highest BCUT2D eigenvalue weighted by atomic mass is 16.3. The number of aliphatic imine (C=N–C) groups is 2. The van der Waals surface area contributed by atoms with Crippen LogP contribution in [0.3, 0.4) is 0 Å². The average molecular weight is 741 g/mol. The van der Waals surface area contributed by atoms with Crippen LogP contribution in [0.1, 0.15) is 152 Å². The molecule has 0 aliphatic heterocycles. The third-order valence-corrected chi connectivity index (χ3v) is 11.2. The van der Waals surface area contributed by atoms with Crippen LogP contribution in [0.15, 0.2) is 22.1 Å². The van der Waals surface area contributed by atoms with Gasteiger partial charge in [0.15, 0.2) is 23.0 Å². The fourth-order valence-electron chi connectivity index (χ4n) is 8.04. The molecule has 0 saturated carbocycles. The van der Waals surface area contributed by atoms with Gasteiger partial charge in [-0.05, 0) is 72.3 Å². The molecule has 0 heterocycles. The highest BCUT2D eigenvalue weighted by molar-refractivity contribution is 6.15. The van der Waals surface area contributed by atoms with Gasteiger partial charge < -0.3 is 30.6 Å². The Balaban J connectivity index is 2.08. The molecule has 0 saturated heterocycles. The van der Waals surface area contributed by atoms with Crippen LogP contribution in [-0.4, -0.2) is 56.2 Å². The van der Waals surface area contributed by atoms with E-state index in [0.29, 0.717) is 79.9 Å². The number of aromatic hydroxyl groups is 6. The summed E-state index contributed by atoms with van der Waals surface area (Å²) in [7, 11) is 0. The maximum absolute atomic E-state index is 12.4. The third-order valence-electron chi connectivity index (χ3n) is 11.2. The number of phenols is 6. The summed E-state index contributed by atoms with van der Waals surface area (Å²) in [5, 5.41) is 72.3. The number of rotatable bonds is 17. The van der Waals surface area contributed by atoms with E-state index in [9.17, 15) is 30.6 Å². The molecular formula is C46H64N2O6. The van der Waals surface area contributed by atoms with Crippen LogP contribution in [0.25, 0.3) is 32.7 Å². The summed E-state index contributed by atoms with van der Waals surface area (Å²) in [6.07, 6.45) is 11.5. The van der Waals surface area contributed by atoms with Gasteiger partial charge in [0.1, 0.15) is 11.5 Å². The second-order valence-electron chi connectivity index (χ2n) is 15.9. The predicted molar refractivity (Wildman–Crippen MR) is 226 cm³/mol. The first-order valence-corrected chi connectivity index (χ1v) is 20.1. The molecule has 0 aliphatic rings. The van der Waals surface area contributed by atoms with Crippen molar-refractivity contribution in [2.24, 2.45) is 21.8 Å². The summed E-state index contributed by atoms with van der Waals surface area (Å²) >= 11 is 0. The molecule has 4 aromatic rings. The molecule has 8 heteroatoms. The van der Waals surface area contributed by atoms with Crippen molar-refractivity contribution < 1.29 is 30.6 Å². The maximum atomic E-state index is 12.4. The highest BCUT2D eigenvalue weighted by Gasteiger charge is 2.29. The van der Waals surface area contributed by atoms with Crippen molar-refractivity contribution in [3.63, 3.8) is 0 Å². The molecule has 0 amide bonds. The Kier molecular flexibility index (Phi) is 14.3. The minimum absolute atomic E-state index is 0.163. The number of phenolic OH excluding ortho intramolecular Hbond substituents is 6. The zero-order chi connectivity index (χ0) is 40.0. The summed E-state index contributed by atoms with van der Waals surface area (Å²) < 4.78 is 0. The largest absolute Gasteiger partial charge is 0.507 e. The molecule has 2 atom stereocenters. The van der Waals surface area contributed by atoms with Crippen LogP contribution in [0, 0.1) is 25.7 Å². The molecule has 0 unspecified atom stereocenters. The van der Waals surface area contributed by atoms with E-state index < -0.39 is 0 Å². The Morgan fingerprint density at radius 2 is 0.889 bits per heavy atom. The maximum Gasteiger partial charge on any atom is 0.167 e. The first-order chi connectivity index (χ1) is 25.7. The third kappa shape index (κ3) is 8.28. The molecule has 4 rings (SSSR count). The first kappa shape index (κ1) is 42.3. The lowest BCUT2D eigenvalue weighted by Gasteiger charge is -2.23. The van der Waals surface area contributed by atoms with Gasteiger partial charge in [-0.15, -0.1) is 0 Å². The Labute approximate surface area is 322 Å². The molecule has 54 heavy (non-hydrogen) atoms. The van der Waals surface area contributed by atoms with Gasteiger partial charge in [-0.25, -0.2) is 0 Å². The first-order valence-electron chi connectivity index (χ1n) is 20.1. The monoisotopic (exact) mass is 740 g/mol. The molecule has 0 bridgehead atoms. The molecular weight excluding hydrogens is 677 g/mol. The fourth-order valence-corrected chi connectivity index (χ4v) is 8.04. The Morgan fingerprint density at radius 3 is 1.19 bits per heavy atom. The highest BCUT2D eigenvalue weighted by Crippen LogP contribution is 2.54. The topological polar surface area (TPSA) is 146 Å². The molecule has 294 valence electrons. The van der Waals surface area contributed by atoms with E-state index in [0.717, 1.165) is 51.4 Å². The van der Waals surface area contributed by atoms with Gasteiger partial charge in [0.05, 0.1) is 0 Å². The number of unbranched alkanes of at least 4 members (excludes halogenated alkanes) is 2. The molecule has 0 aliphatic carbocycles. The lowest BCUT2D eigenvalue weighted by Crippen LogP contribution is -2.04. The van der Waals surface area contributed by atoms with E-state index in [1.165, 1.54) is 0 Å². The van der Waals surface area contributed by atoms with Crippen LogP contribution >= 0.6 is 0 Å². The van der Waals surface area contributed by atoms with Gasteiger partial charge >= 0.3 is 0 Å². The summed E-state index contributed by atoms with van der Waals surface area (Å²) in [5.41, 5.74) is 3.42. The quantitative estimate of drug-likeness (QED) is 0.0469. The number of nitrogens with zero attached hydrogens (tertiary/aromatic N) is 2. The molecule has 0 radical (unpaired) electrons. The van der Waals surface area contributed by atoms with Crippen molar-refractivity contribution in [2.75, 3.05) is 13.1 Å². The van der Waals surface area contributed by atoms with Crippen molar-refractivity contribution in [3.05, 3.63) is 45.5 Å². The van der Waals surface area contributed by atoms with Crippen LogP contribution in [0.4, 0.5) is 0 Å². The normalized spacial score (nSPS) is 13.5. The predicted octanol–water partition coefficient (Wildman–Crippen LogP) is 12.0. The van der Waals surface area contributed by atoms with Crippen molar-refractivity contribution >= 4 is 34.0 Å². The van der Waals surface area contributed by atoms with Crippen LogP contribution < -0.4 is 0 Å². The van der Waals surface area contributed by atoms with Crippen molar-refractivity contribution in [3.8, 4) is 45.6 Å². The van der Waals surface area contributed by atoms with E-state index in [4.69, 9.17) is 9.98 Å². The summed E-state index contributed by atoms with van der Waals surface area (Å²) in [6.45, 7) is 21.1. The molecule has 0 spiro atoms. The van der Waals surface area contributed by atoms with Gasteiger partial charge in [-0.2, -0.15) is 0 Å². The standard InChI is InChI=1S/C46H64N2O6/c1-11-15-17-29(13-3)21-47-23-33-39-31(35(25(5)6)45(53)41(33)49)19-27(9)37(43(39)51)38-28(10)20-32-36(26(7)8)46(54)42(50)34(40(32)44(38)52)24-48-22-30(14-4)18-16-12-2/h19-20,23-26,29-30,49-54H,11-18,21-22H2,1-10H3/t29-,30+. The van der Waals surface area contributed by atoms with Crippen LogP contribution in [0.2, 0.25) is 0 Å². The molecule has 0 aromatic heterocycles. The number of aryl methyl sites for hydroxylation is 2. The van der Waals surface area contributed by atoms with Gasteiger partial charge in [-0.1, -0.05) is 106 Å². The number of benzene rings is 4. The molecule has 6 N–H and O–H groups in total. The van der Waals surface area contributed by atoms with Gasteiger partial charge in [0, 0.05) is 69.7 Å². The molecule has 8 nitrogen and oxygen atoms in total. The zero-order valence-corrected chi connectivity index (χ0v) is 34.3. The summed E-state index contributed by atoms with van der Waals surface area (Å²) in [6, 6.07) is 3.76. The van der Waals surface area contributed by atoms with Crippen molar-refractivity contribution in [1.29, 1.82) is 0 Å². The zero-order valence-electron chi connectivity index (χ0n) is 34.3. The second kappa shape index (κ2) is 18.2. The number of hydrogen-bond acceptors (Lipinski definition) is 8. The Hall–Kier alpha value is -4.46. The SMILES string of the molecule is CCCC[C@@H](CC)CN=Cc1c(O)c(O)c(C(C)C)c2cc(C)c(-c3c(C)cc4c(C(C)C)c(O)c(O)c(C=NC[C@@H](CC)CCCC)c4c3O)c(O)c12. The lowest BCUT2D eigenvalue weighted by atomic mass is 9.83. The van der Waals surface area contributed by atoms with Crippen molar-refractivity contribution in [2.45, 2.75) is 132 Å². The van der Waals surface area contributed by atoms with Crippen molar-refractivity contribution in [1.82, 2.24) is 0 Å². The lowest BCUT2D eigenvalue weighted by molar-refractivity contribution is 0.398. The van der Waals surface area contributed by atoms with Gasteiger partial charge in [0.25, 0.3) is 0 Å². The minimum Gasteiger partial charge on any atom is -0.507 e. The second-order valence-corrected chi connectivity index (χ2v) is 15.9. The van der Waals surface area contributed by atoms with Gasteiger partial charge in [0.2, 0.25) is 0 Å². The Bertz CT molecular complexity index is 1880. The number of hydrogen-bond donors (Lipinski definition) is 6. The van der Waals surface area contributed by atoms with E-state index in [2.05, 4.69) is 27.7 Å². The van der Waals surface area contributed by atoms with E-state index in [-0.39, 0.29) is 57.5 Å². The molecule has 4 aromatic carbocycles. The van der Waals surface area contributed by atoms with E-state index in [1.54, 1.807) is 12.4 Å². The fraction of sp³-hybridized carbons (Fsp3) is 0.522. The van der Waals surface area contributed by atoms with E-state index in [1.807, 2.05) is 53.7 Å². The van der Waals surface area contributed by atoms with Crippen LogP contribution in [0.5, 0.6) is 34.5 Å². The van der Waals surface area contributed by atoms with E-state index >= 15 is 0 Å². The van der Waals surface area contributed by atoms with Gasteiger partial charge in [-0.3, -0.25) is 9.98 Å².